The zero-order valence-electron chi connectivity index (χ0n) is 11.1. The summed E-state index contributed by atoms with van der Waals surface area (Å²) in [7, 11) is 1.90. The van der Waals surface area contributed by atoms with Crippen molar-refractivity contribution in [2.45, 2.75) is 32.1 Å². The maximum Gasteiger partial charge on any atom is 0.154 e. The van der Waals surface area contributed by atoms with Gasteiger partial charge in [0.2, 0.25) is 0 Å². The van der Waals surface area contributed by atoms with Crippen LogP contribution < -0.4 is 16.4 Å². The molecule has 1 saturated carbocycles. The first-order valence-corrected chi connectivity index (χ1v) is 6.81. The Morgan fingerprint density at radius 2 is 2.17 bits per heavy atom. The van der Waals surface area contributed by atoms with Crippen molar-refractivity contribution >= 4 is 11.5 Å². The monoisotopic (exact) mass is 249 g/mol. The van der Waals surface area contributed by atoms with Crippen LogP contribution in [-0.2, 0) is 6.42 Å². The van der Waals surface area contributed by atoms with E-state index in [1.54, 1.807) is 6.20 Å². The maximum absolute atomic E-state index is 5.67. The lowest BCUT2D eigenvalue weighted by molar-refractivity contribution is 0.578. The molecule has 100 valence electrons. The van der Waals surface area contributed by atoms with E-state index in [0.717, 1.165) is 36.0 Å². The Hall–Kier alpha value is -1.36. The molecule has 1 heterocycles. The van der Waals surface area contributed by atoms with Crippen LogP contribution in [0.2, 0.25) is 0 Å². The Labute approximate surface area is 109 Å². The second kappa shape index (κ2) is 6.54. The number of hydrogen-bond acceptors (Lipinski definition) is 5. The van der Waals surface area contributed by atoms with Crippen LogP contribution in [0.15, 0.2) is 6.20 Å². The molecule has 1 aromatic rings. The van der Waals surface area contributed by atoms with E-state index in [9.17, 15) is 0 Å². The van der Waals surface area contributed by atoms with Gasteiger partial charge in [-0.15, -0.1) is 5.10 Å². The predicted molar refractivity (Wildman–Crippen MR) is 74.8 cm³/mol. The number of anilines is 2. The average molecular weight is 249 g/mol. The Morgan fingerprint density at radius 3 is 2.83 bits per heavy atom. The van der Waals surface area contributed by atoms with Crippen LogP contribution in [0, 0.1) is 5.92 Å². The highest BCUT2D eigenvalue weighted by Crippen LogP contribution is 2.26. The number of nitrogens with one attached hydrogen (secondary N) is 2. The molecule has 4 N–H and O–H groups in total. The third kappa shape index (κ3) is 3.10. The highest BCUT2D eigenvalue weighted by Gasteiger charge is 2.16. The topological polar surface area (TPSA) is 75.9 Å². The summed E-state index contributed by atoms with van der Waals surface area (Å²) in [6.45, 7) is 1.62. The fourth-order valence-electron chi connectivity index (χ4n) is 2.62. The minimum Gasteiger partial charge on any atom is -0.386 e. The molecular formula is C13H23N5. The van der Waals surface area contributed by atoms with E-state index in [-0.39, 0.29) is 0 Å². The van der Waals surface area contributed by atoms with Gasteiger partial charge in [-0.05, 0) is 31.7 Å². The van der Waals surface area contributed by atoms with Crippen molar-refractivity contribution < 1.29 is 0 Å². The lowest BCUT2D eigenvalue weighted by Crippen LogP contribution is -2.16. The van der Waals surface area contributed by atoms with Crippen molar-refractivity contribution in [2.24, 2.45) is 11.7 Å². The Morgan fingerprint density at radius 1 is 1.39 bits per heavy atom. The van der Waals surface area contributed by atoms with Gasteiger partial charge in [-0.2, -0.15) is 5.10 Å². The molecule has 5 nitrogen and oxygen atoms in total. The normalized spacial score (nSPS) is 15.9. The van der Waals surface area contributed by atoms with Crippen molar-refractivity contribution in [3.63, 3.8) is 0 Å². The van der Waals surface area contributed by atoms with Gasteiger partial charge in [0, 0.05) is 19.2 Å². The first kappa shape index (κ1) is 13.1. The van der Waals surface area contributed by atoms with Gasteiger partial charge in [0.15, 0.2) is 5.82 Å². The summed E-state index contributed by atoms with van der Waals surface area (Å²) >= 11 is 0. The third-order valence-corrected chi connectivity index (χ3v) is 3.65. The van der Waals surface area contributed by atoms with Crippen LogP contribution >= 0.6 is 0 Å². The minimum absolute atomic E-state index is 0.623. The highest BCUT2D eigenvalue weighted by molar-refractivity contribution is 5.60. The molecule has 0 aromatic carbocycles. The van der Waals surface area contributed by atoms with Crippen molar-refractivity contribution in [3.05, 3.63) is 11.8 Å². The zero-order valence-corrected chi connectivity index (χ0v) is 11.1. The molecule has 5 heteroatoms. The predicted octanol–water partition coefficient (Wildman–Crippen LogP) is 1.62. The van der Waals surface area contributed by atoms with Gasteiger partial charge in [0.1, 0.15) is 0 Å². The number of aromatic nitrogens is 2. The first-order chi connectivity index (χ1) is 8.85. The lowest BCUT2D eigenvalue weighted by atomic mass is 10.1. The molecule has 18 heavy (non-hydrogen) atoms. The molecule has 0 bridgehead atoms. The van der Waals surface area contributed by atoms with E-state index in [1.807, 2.05) is 7.05 Å². The summed E-state index contributed by atoms with van der Waals surface area (Å²) in [5.41, 5.74) is 7.83. The highest BCUT2D eigenvalue weighted by atomic mass is 15.2. The lowest BCUT2D eigenvalue weighted by Gasteiger charge is -2.15. The fourth-order valence-corrected chi connectivity index (χ4v) is 2.62. The summed E-state index contributed by atoms with van der Waals surface area (Å²) in [6.07, 6.45) is 7.97. The molecule has 0 atom stereocenters. The second-order valence-electron chi connectivity index (χ2n) is 4.91. The van der Waals surface area contributed by atoms with E-state index in [4.69, 9.17) is 5.73 Å². The molecule has 1 aliphatic rings. The van der Waals surface area contributed by atoms with Gasteiger partial charge >= 0.3 is 0 Å². The minimum atomic E-state index is 0.623. The smallest absolute Gasteiger partial charge is 0.154 e. The van der Waals surface area contributed by atoms with Gasteiger partial charge in [-0.3, -0.25) is 0 Å². The standard InChI is InChI=1S/C13H23N5/c1-15-12-9-17-18-13(11(12)6-7-14)16-8-10-4-2-3-5-10/h9-10H,2-8,14H2,1H3,(H2,15,16,18). The van der Waals surface area contributed by atoms with E-state index < -0.39 is 0 Å². The van der Waals surface area contributed by atoms with Crippen LogP contribution in [-0.4, -0.2) is 30.3 Å². The number of rotatable bonds is 6. The van der Waals surface area contributed by atoms with E-state index in [2.05, 4.69) is 20.8 Å². The molecule has 0 spiro atoms. The van der Waals surface area contributed by atoms with Gasteiger partial charge in [-0.1, -0.05) is 12.8 Å². The van der Waals surface area contributed by atoms with E-state index in [0.29, 0.717) is 6.54 Å². The summed E-state index contributed by atoms with van der Waals surface area (Å²) in [4.78, 5) is 0. The molecule has 0 unspecified atom stereocenters. The van der Waals surface area contributed by atoms with Crippen LogP contribution in [0.4, 0.5) is 11.5 Å². The SMILES string of the molecule is CNc1cnnc(NCC2CCCC2)c1CCN. The van der Waals surface area contributed by atoms with Crippen molar-refractivity contribution in [1.29, 1.82) is 0 Å². The number of nitrogens with two attached hydrogens (primary N) is 1. The fraction of sp³-hybridized carbons (Fsp3) is 0.692. The van der Waals surface area contributed by atoms with Crippen LogP contribution in [0.25, 0.3) is 0 Å². The second-order valence-corrected chi connectivity index (χ2v) is 4.91. The molecule has 0 aliphatic heterocycles. The summed E-state index contributed by atoms with van der Waals surface area (Å²) < 4.78 is 0. The Kier molecular flexibility index (Phi) is 4.75. The van der Waals surface area contributed by atoms with E-state index >= 15 is 0 Å². The first-order valence-electron chi connectivity index (χ1n) is 6.81. The maximum atomic E-state index is 5.67. The number of hydrogen-bond donors (Lipinski definition) is 3. The Balaban J connectivity index is 2.05. The van der Waals surface area contributed by atoms with Crippen LogP contribution in [0.3, 0.4) is 0 Å². The van der Waals surface area contributed by atoms with E-state index in [1.165, 1.54) is 25.7 Å². The van der Waals surface area contributed by atoms with Crippen LogP contribution in [0.5, 0.6) is 0 Å². The summed E-state index contributed by atoms with van der Waals surface area (Å²) in [5.74, 6) is 1.68. The molecule has 1 fully saturated rings. The van der Waals surface area contributed by atoms with Crippen LogP contribution in [0.1, 0.15) is 31.2 Å². The summed E-state index contributed by atoms with van der Waals surface area (Å²) in [6, 6.07) is 0. The van der Waals surface area contributed by atoms with Crippen molar-refractivity contribution in [2.75, 3.05) is 30.8 Å². The molecule has 0 saturated heterocycles. The van der Waals surface area contributed by atoms with Crippen molar-refractivity contribution in [1.82, 2.24) is 10.2 Å². The molecule has 1 aromatic heterocycles. The largest absolute Gasteiger partial charge is 0.386 e. The molecule has 1 aliphatic carbocycles. The molecule has 0 radical (unpaired) electrons. The van der Waals surface area contributed by atoms with Gasteiger partial charge in [0.05, 0.1) is 11.9 Å². The zero-order chi connectivity index (χ0) is 12.8. The van der Waals surface area contributed by atoms with Gasteiger partial charge in [0.25, 0.3) is 0 Å². The third-order valence-electron chi connectivity index (χ3n) is 3.65. The number of nitrogens with zero attached hydrogens (tertiary/aromatic N) is 2. The molecule has 0 amide bonds. The average Bonchev–Trinajstić information content (AvgIpc) is 2.91. The van der Waals surface area contributed by atoms with Gasteiger partial charge in [-0.25, -0.2) is 0 Å². The van der Waals surface area contributed by atoms with Crippen molar-refractivity contribution in [3.8, 4) is 0 Å². The Bertz CT molecular complexity index is 374. The van der Waals surface area contributed by atoms with Gasteiger partial charge < -0.3 is 16.4 Å². The molecule has 2 rings (SSSR count). The summed E-state index contributed by atoms with van der Waals surface area (Å²) in [5, 5.41) is 14.8. The molecular weight excluding hydrogens is 226 g/mol. The quantitative estimate of drug-likeness (QED) is 0.714.